The highest BCUT2D eigenvalue weighted by atomic mass is 16.5. The van der Waals surface area contributed by atoms with Gasteiger partial charge in [-0.05, 0) is 89.9 Å². The van der Waals surface area contributed by atoms with E-state index in [9.17, 15) is 29.4 Å². The molecule has 59 heavy (non-hydrogen) atoms. The molecule has 0 bridgehead atoms. The van der Waals surface area contributed by atoms with E-state index in [0.717, 1.165) is 69.5 Å². The van der Waals surface area contributed by atoms with E-state index in [1.54, 1.807) is 0 Å². The first-order valence-electron chi connectivity index (χ1n) is 20.1. The predicted molar refractivity (Wildman–Crippen MR) is 229 cm³/mol. The molecule has 312 valence electrons. The van der Waals surface area contributed by atoms with Crippen molar-refractivity contribution in [2.24, 2.45) is 11.8 Å². The first-order valence-corrected chi connectivity index (χ1v) is 20.1. The van der Waals surface area contributed by atoms with E-state index >= 15 is 0 Å². The third-order valence-electron chi connectivity index (χ3n) is 11.3. The molecule has 0 saturated carbocycles. The van der Waals surface area contributed by atoms with Gasteiger partial charge in [-0.25, -0.2) is 14.6 Å². The molecule has 4 N–H and O–H groups in total. The Kier molecular flexibility index (Phi) is 13.4. The van der Waals surface area contributed by atoms with Crippen molar-refractivity contribution in [1.29, 1.82) is 0 Å². The highest BCUT2D eigenvalue weighted by Gasteiger charge is 2.36. The minimum atomic E-state index is -1.17. The van der Waals surface area contributed by atoms with Crippen LogP contribution in [0.4, 0.5) is 32.5 Å². The van der Waals surface area contributed by atoms with Crippen molar-refractivity contribution in [3.8, 4) is 11.1 Å². The van der Waals surface area contributed by atoms with Crippen LogP contribution < -0.4 is 20.4 Å². The SMILES string of the molecule is CC(C)[C@@H](C(=O)Nc1ccc([C@H]2CC[C@H](c3ccc(NC(=O)[C@H](C(C)C)N(C)C(=O)O)cc3)N2c2ccc(-c3ccc(N4CCOCC4)nc3)cc2)cc1)N(C)C(=O)O. The number of benzene rings is 3. The number of nitrogens with zero attached hydrogens (tertiary/aromatic N) is 5. The van der Waals surface area contributed by atoms with E-state index in [4.69, 9.17) is 9.72 Å². The van der Waals surface area contributed by atoms with Crippen LogP contribution in [0, 0.1) is 11.8 Å². The van der Waals surface area contributed by atoms with Crippen LogP contribution in [0.1, 0.15) is 63.7 Å². The minimum absolute atomic E-state index is 0.00985. The lowest BCUT2D eigenvalue weighted by molar-refractivity contribution is -0.122. The second-order valence-corrected chi connectivity index (χ2v) is 16.0. The molecular formula is C45H55N7O7. The summed E-state index contributed by atoms with van der Waals surface area (Å²) in [6, 6.07) is 26.4. The Morgan fingerprint density at radius 1 is 0.661 bits per heavy atom. The lowest BCUT2D eigenvalue weighted by atomic mass is 10.0. The summed E-state index contributed by atoms with van der Waals surface area (Å²) in [5.41, 5.74) is 6.37. The maximum absolute atomic E-state index is 13.2. The monoisotopic (exact) mass is 805 g/mol. The number of morpholine rings is 1. The van der Waals surface area contributed by atoms with E-state index < -0.39 is 24.3 Å². The topological polar surface area (TPSA) is 168 Å². The van der Waals surface area contributed by atoms with Crippen LogP contribution in [-0.4, -0.2) is 101 Å². The van der Waals surface area contributed by atoms with Gasteiger partial charge < -0.3 is 35.4 Å². The van der Waals surface area contributed by atoms with Gasteiger partial charge in [-0.2, -0.15) is 0 Å². The van der Waals surface area contributed by atoms with Crippen LogP contribution in [0.3, 0.4) is 0 Å². The number of rotatable bonds is 13. The molecule has 2 aliphatic heterocycles. The smallest absolute Gasteiger partial charge is 0.407 e. The minimum Gasteiger partial charge on any atom is -0.465 e. The van der Waals surface area contributed by atoms with E-state index in [2.05, 4.69) is 56.8 Å². The highest BCUT2D eigenvalue weighted by molar-refractivity contribution is 5.97. The number of nitrogens with one attached hydrogen (secondary N) is 2. The van der Waals surface area contributed by atoms with Crippen LogP contribution in [0.2, 0.25) is 0 Å². The number of carbonyl (C=O) groups is 4. The fraction of sp³-hybridized carbons (Fsp3) is 0.400. The summed E-state index contributed by atoms with van der Waals surface area (Å²) in [5, 5.41) is 24.9. The number of ether oxygens (including phenoxy) is 1. The average molecular weight is 806 g/mol. The largest absolute Gasteiger partial charge is 0.465 e. The summed E-state index contributed by atoms with van der Waals surface area (Å²) in [6.07, 6.45) is 1.27. The molecule has 3 aromatic carbocycles. The van der Waals surface area contributed by atoms with Gasteiger partial charge in [0.2, 0.25) is 11.8 Å². The van der Waals surface area contributed by atoms with Crippen molar-refractivity contribution in [1.82, 2.24) is 14.8 Å². The maximum Gasteiger partial charge on any atom is 0.407 e. The lowest BCUT2D eigenvalue weighted by Crippen LogP contribution is -2.47. The number of amides is 4. The molecule has 2 fully saturated rings. The number of aromatic nitrogens is 1. The molecule has 4 amide bonds. The van der Waals surface area contributed by atoms with Gasteiger partial charge in [-0.15, -0.1) is 0 Å². The van der Waals surface area contributed by atoms with E-state index in [-0.39, 0.29) is 35.7 Å². The molecular weight excluding hydrogens is 751 g/mol. The van der Waals surface area contributed by atoms with Gasteiger partial charge in [0.1, 0.15) is 17.9 Å². The molecule has 0 aliphatic carbocycles. The van der Waals surface area contributed by atoms with Gasteiger partial charge in [0.25, 0.3) is 0 Å². The fourth-order valence-corrected chi connectivity index (χ4v) is 8.29. The molecule has 3 heterocycles. The summed E-state index contributed by atoms with van der Waals surface area (Å²) < 4.78 is 5.49. The number of anilines is 4. The third-order valence-corrected chi connectivity index (χ3v) is 11.3. The molecule has 4 aromatic rings. The molecule has 0 radical (unpaired) electrons. The van der Waals surface area contributed by atoms with E-state index in [1.165, 1.54) is 14.1 Å². The van der Waals surface area contributed by atoms with Gasteiger partial charge in [-0.1, -0.05) is 64.1 Å². The van der Waals surface area contributed by atoms with Gasteiger partial charge in [0.15, 0.2) is 0 Å². The Morgan fingerprint density at radius 2 is 1.10 bits per heavy atom. The van der Waals surface area contributed by atoms with Crippen molar-refractivity contribution in [3.05, 3.63) is 102 Å². The van der Waals surface area contributed by atoms with Crippen molar-refractivity contribution in [2.45, 2.75) is 64.7 Å². The molecule has 0 unspecified atom stereocenters. The number of pyridine rings is 1. The van der Waals surface area contributed by atoms with Crippen LogP contribution in [0.15, 0.2) is 91.1 Å². The Morgan fingerprint density at radius 3 is 1.49 bits per heavy atom. The number of likely N-dealkylation sites (N-methyl/N-ethyl adjacent to an activating group) is 2. The molecule has 14 nitrogen and oxygen atoms in total. The van der Waals surface area contributed by atoms with Crippen LogP contribution in [0.25, 0.3) is 11.1 Å². The van der Waals surface area contributed by atoms with Crippen molar-refractivity contribution in [3.63, 3.8) is 0 Å². The Hall–Kier alpha value is -6.15. The molecule has 1 aromatic heterocycles. The summed E-state index contributed by atoms with van der Waals surface area (Å²) in [6.45, 7) is 10.3. The molecule has 2 saturated heterocycles. The lowest BCUT2D eigenvalue weighted by Gasteiger charge is -2.34. The third kappa shape index (κ3) is 9.77. The molecule has 6 rings (SSSR count). The quantitative estimate of drug-likeness (QED) is 0.105. The number of hydrogen-bond donors (Lipinski definition) is 4. The molecule has 2 aliphatic rings. The van der Waals surface area contributed by atoms with Crippen molar-refractivity contribution >= 4 is 46.9 Å². The van der Waals surface area contributed by atoms with Gasteiger partial charge in [0, 0.05) is 56.0 Å². The van der Waals surface area contributed by atoms with Crippen molar-refractivity contribution in [2.75, 3.05) is 60.8 Å². The Labute approximate surface area is 345 Å². The highest BCUT2D eigenvalue weighted by Crippen LogP contribution is 2.47. The predicted octanol–water partition coefficient (Wildman–Crippen LogP) is 7.81. The average Bonchev–Trinajstić information content (AvgIpc) is 3.67. The number of carbonyl (C=O) groups excluding carboxylic acids is 2. The first kappa shape index (κ1) is 42.5. The van der Waals surface area contributed by atoms with Crippen LogP contribution in [-0.2, 0) is 14.3 Å². The zero-order valence-corrected chi connectivity index (χ0v) is 34.5. The maximum atomic E-state index is 13.2. The standard InChI is InChI=1S/C45H55N7O7/c1-28(2)40(49(5)44(55)56)42(53)47-34-14-7-31(8-15-34)37-20-21-38(32-9-16-35(17-10-32)48-43(54)41(29(3)4)50(6)45(57)58)52(37)36-18-11-30(12-19-36)33-13-22-39(46-27-33)51-23-25-59-26-24-51/h7-19,22,27-29,37-38,40-41H,20-21,23-26H2,1-6H3,(H,47,53)(H,48,54)(H,55,56)(H,57,58)/t37-,38-,40+,41+/m1/s1. The number of hydrogen-bond acceptors (Lipinski definition) is 8. The summed E-state index contributed by atoms with van der Waals surface area (Å²) >= 11 is 0. The van der Waals surface area contributed by atoms with Crippen LogP contribution >= 0.6 is 0 Å². The molecule has 0 spiro atoms. The Balaban J connectivity index is 1.25. The Bertz CT molecular complexity index is 1970. The number of carboxylic acid groups (broad SMARTS) is 2. The van der Waals surface area contributed by atoms with Crippen LogP contribution in [0.5, 0.6) is 0 Å². The zero-order valence-electron chi connectivity index (χ0n) is 34.5. The van der Waals surface area contributed by atoms with Gasteiger partial charge in [0.05, 0.1) is 25.3 Å². The summed E-state index contributed by atoms with van der Waals surface area (Å²) in [5.74, 6) is -0.291. The zero-order chi connectivity index (χ0) is 42.4. The molecule has 4 atom stereocenters. The second kappa shape index (κ2) is 18.6. The van der Waals surface area contributed by atoms with Gasteiger partial charge in [-0.3, -0.25) is 19.4 Å². The fourth-order valence-electron chi connectivity index (χ4n) is 8.29. The van der Waals surface area contributed by atoms with E-state index in [0.29, 0.717) is 24.6 Å². The van der Waals surface area contributed by atoms with Gasteiger partial charge >= 0.3 is 12.2 Å². The molecule has 14 heteroatoms. The summed E-state index contributed by atoms with van der Waals surface area (Å²) in [4.78, 5) is 61.2. The first-order chi connectivity index (χ1) is 28.2. The second-order valence-electron chi connectivity index (χ2n) is 16.0. The normalized spacial score (nSPS) is 17.7. The van der Waals surface area contributed by atoms with E-state index in [1.807, 2.05) is 82.4 Å². The van der Waals surface area contributed by atoms with Crippen molar-refractivity contribution < 1.29 is 34.1 Å². The summed E-state index contributed by atoms with van der Waals surface area (Å²) in [7, 11) is 2.80.